The normalized spacial score (nSPS) is 14.7. The number of rotatable bonds is 5. The Morgan fingerprint density at radius 1 is 0.400 bits per heavy atom. The topological polar surface area (TPSA) is 21.1 Å². The molecule has 2 aliphatic rings. The fourth-order valence-corrected chi connectivity index (χ4v) is 10.8. The lowest BCUT2D eigenvalue weighted by Gasteiger charge is -2.47. The molecule has 0 atom stereocenters. The van der Waals surface area contributed by atoms with E-state index in [1.165, 1.54) is 38.9 Å². The Balaban J connectivity index is 1.23. The number of thioether (sulfide) groups is 1. The lowest BCUT2D eigenvalue weighted by molar-refractivity contribution is 0.731. The largest absolute Gasteiger partial charge is 0.310 e. The predicted octanol–water partition coefficient (Wildman–Crippen LogP) is 12.6. The second-order valence-electron chi connectivity index (χ2n) is 14.3. The first-order chi connectivity index (χ1) is 27.3. The van der Waals surface area contributed by atoms with Crippen molar-refractivity contribution in [1.82, 2.24) is 9.55 Å². The third-order valence-corrected chi connectivity index (χ3v) is 13.0. The number of anilines is 3. The molecule has 0 radical (unpaired) electrons. The highest BCUT2D eigenvalue weighted by atomic mass is 32.2. The highest BCUT2D eigenvalue weighted by Crippen LogP contribution is 2.60. The number of benzene rings is 8. The van der Waals surface area contributed by atoms with E-state index >= 15 is 0 Å². The van der Waals surface area contributed by atoms with Crippen molar-refractivity contribution >= 4 is 39.9 Å². The third kappa shape index (κ3) is 4.55. The van der Waals surface area contributed by atoms with E-state index in [0.29, 0.717) is 0 Å². The minimum absolute atomic E-state index is 0.529. The van der Waals surface area contributed by atoms with Crippen LogP contribution in [-0.2, 0) is 10.2 Å². The first-order valence-electron chi connectivity index (χ1n) is 18.8. The smallest absolute Gasteiger partial charge is 0.175 e. The monoisotopic (exact) mass is 721 g/mol. The second kappa shape index (κ2) is 12.5. The zero-order valence-electron chi connectivity index (χ0n) is 30.0. The Bertz CT molecular complexity index is 2720. The van der Waals surface area contributed by atoms with Crippen molar-refractivity contribution in [2.24, 2.45) is 0 Å². The quantitative estimate of drug-likeness (QED) is 0.177. The molecule has 0 unspecified atom stereocenters. The Hall–Kier alpha value is -6.62. The number of hydrogen-bond acceptors (Lipinski definition) is 3. The van der Waals surface area contributed by atoms with Crippen LogP contribution in [-0.4, -0.2) is 9.55 Å². The van der Waals surface area contributed by atoms with Gasteiger partial charge in [-0.1, -0.05) is 182 Å². The van der Waals surface area contributed by atoms with E-state index in [0.717, 1.165) is 38.9 Å². The number of imidazole rings is 1. The number of para-hydroxylation sites is 4. The first-order valence-corrected chi connectivity index (χ1v) is 19.6. The van der Waals surface area contributed by atoms with Gasteiger partial charge in [0, 0.05) is 11.3 Å². The first kappa shape index (κ1) is 31.9. The van der Waals surface area contributed by atoms with Crippen molar-refractivity contribution in [3.8, 4) is 5.69 Å². The summed E-state index contributed by atoms with van der Waals surface area (Å²) in [6, 6.07) is 77.5. The summed E-state index contributed by atoms with van der Waals surface area (Å²) in [5.41, 5.74) is 14.8. The van der Waals surface area contributed by atoms with Gasteiger partial charge < -0.3 is 4.90 Å². The van der Waals surface area contributed by atoms with Gasteiger partial charge in [0.05, 0.1) is 33.5 Å². The molecule has 0 bridgehead atoms. The average molecular weight is 722 g/mol. The van der Waals surface area contributed by atoms with Crippen molar-refractivity contribution in [3.63, 3.8) is 0 Å². The summed E-state index contributed by atoms with van der Waals surface area (Å²) in [5.74, 6) is 0. The second-order valence-corrected chi connectivity index (χ2v) is 15.5. The van der Waals surface area contributed by atoms with Crippen LogP contribution in [0.4, 0.5) is 17.1 Å². The van der Waals surface area contributed by atoms with Gasteiger partial charge in [-0.3, -0.25) is 4.57 Å². The lowest BCUT2D eigenvalue weighted by atomic mass is 9.62. The fourth-order valence-electron chi connectivity index (χ4n) is 9.27. The molecule has 1 aromatic heterocycles. The van der Waals surface area contributed by atoms with Crippen LogP contribution in [0.3, 0.4) is 0 Å². The Morgan fingerprint density at radius 3 is 1.44 bits per heavy atom. The number of hydrogen-bond donors (Lipinski definition) is 0. The maximum atomic E-state index is 5.26. The SMILES string of the molecule is c1ccc(C2(c3ccccc3)Sc3nc4ccccc4n3-c3ccc(N4c5ccccc5C(c5ccccc5)(c5ccccc5)c5ccccc54)cc32)cc1. The van der Waals surface area contributed by atoms with Crippen molar-refractivity contribution in [2.75, 3.05) is 4.90 Å². The number of nitrogens with zero attached hydrogens (tertiary/aromatic N) is 3. The molecule has 11 rings (SSSR count). The van der Waals surface area contributed by atoms with Crippen LogP contribution in [0.5, 0.6) is 0 Å². The molecule has 0 amide bonds. The molecule has 0 saturated heterocycles. The number of fused-ring (bicyclic) bond motifs is 7. The zero-order valence-corrected chi connectivity index (χ0v) is 30.8. The summed E-state index contributed by atoms with van der Waals surface area (Å²) in [5, 5.41) is 0.985. The van der Waals surface area contributed by atoms with E-state index in [4.69, 9.17) is 4.98 Å². The average Bonchev–Trinajstić information content (AvgIpc) is 3.64. The minimum Gasteiger partial charge on any atom is -0.310 e. The maximum absolute atomic E-state index is 5.26. The molecule has 3 nitrogen and oxygen atoms in total. The molecule has 0 aliphatic carbocycles. The van der Waals surface area contributed by atoms with E-state index < -0.39 is 10.2 Å². The Morgan fingerprint density at radius 2 is 0.873 bits per heavy atom. The van der Waals surface area contributed by atoms with Gasteiger partial charge in [0.25, 0.3) is 0 Å². The van der Waals surface area contributed by atoms with Crippen LogP contribution < -0.4 is 4.90 Å². The van der Waals surface area contributed by atoms with Crippen LogP contribution in [0, 0.1) is 0 Å². The maximum Gasteiger partial charge on any atom is 0.175 e. The summed E-state index contributed by atoms with van der Waals surface area (Å²) in [6.07, 6.45) is 0. The predicted molar refractivity (Wildman–Crippen MR) is 226 cm³/mol. The van der Waals surface area contributed by atoms with Gasteiger partial charge >= 0.3 is 0 Å². The third-order valence-electron chi connectivity index (χ3n) is 11.5. The summed E-state index contributed by atoms with van der Waals surface area (Å²) in [6.45, 7) is 0. The van der Waals surface area contributed by atoms with Crippen molar-refractivity contribution in [1.29, 1.82) is 0 Å². The van der Waals surface area contributed by atoms with Gasteiger partial charge in [-0.05, 0) is 75.8 Å². The molecule has 9 aromatic rings. The van der Waals surface area contributed by atoms with E-state index in [-0.39, 0.29) is 0 Å². The van der Waals surface area contributed by atoms with Crippen LogP contribution >= 0.6 is 11.8 Å². The molecule has 260 valence electrons. The molecule has 4 heteroatoms. The molecule has 0 N–H and O–H groups in total. The standard InChI is InChI=1S/C51H35N3S/c1-5-19-36(20-6-1)50(37-21-7-2-8-22-37)41-27-13-16-30-45(41)53(46-31-17-14-28-42(46)50)40-33-34-47-43(35-40)51(38-23-9-3-10-24-38,39-25-11-4-12-26-39)55-49-52-44-29-15-18-32-48(44)54(47)49/h1-35H. The molecule has 8 aromatic carbocycles. The molecule has 0 saturated carbocycles. The van der Waals surface area contributed by atoms with Gasteiger partial charge in [0.1, 0.15) is 4.75 Å². The van der Waals surface area contributed by atoms with Gasteiger partial charge in [-0.25, -0.2) is 4.98 Å². The molecular weight excluding hydrogens is 687 g/mol. The van der Waals surface area contributed by atoms with Crippen molar-refractivity contribution < 1.29 is 0 Å². The van der Waals surface area contributed by atoms with E-state index in [2.05, 4.69) is 222 Å². The fraction of sp³-hybridized carbons (Fsp3) is 0.0392. The van der Waals surface area contributed by atoms with Crippen LogP contribution in [0.1, 0.15) is 38.9 Å². The van der Waals surface area contributed by atoms with E-state index in [9.17, 15) is 0 Å². The summed E-state index contributed by atoms with van der Waals surface area (Å²) in [4.78, 5) is 7.75. The number of aromatic nitrogens is 2. The molecule has 0 spiro atoms. The Kier molecular flexibility index (Phi) is 7.23. The van der Waals surface area contributed by atoms with Crippen LogP contribution in [0.25, 0.3) is 16.7 Å². The zero-order chi connectivity index (χ0) is 36.4. The summed E-state index contributed by atoms with van der Waals surface area (Å²) < 4.78 is 1.79. The van der Waals surface area contributed by atoms with Crippen molar-refractivity contribution in [2.45, 2.75) is 15.3 Å². The summed E-state index contributed by atoms with van der Waals surface area (Å²) in [7, 11) is 0. The highest BCUT2D eigenvalue weighted by Gasteiger charge is 2.48. The van der Waals surface area contributed by atoms with E-state index in [1.807, 2.05) is 11.8 Å². The minimum atomic E-state index is -0.572. The summed E-state index contributed by atoms with van der Waals surface area (Å²) >= 11 is 1.83. The molecule has 2 aliphatic heterocycles. The van der Waals surface area contributed by atoms with Gasteiger partial charge in [0.2, 0.25) is 0 Å². The molecule has 3 heterocycles. The van der Waals surface area contributed by atoms with Crippen LogP contribution in [0.15, 0.2) is 217 Å². The highest BCUT2D eigenvalue weighted by molar-refractivity contribution is 8.00. The van der Waals surface area contributed by atoms with Gasteiger partial charge in [-0.2, -0.15) is 0 Å². The molecule has 55 heavy (non-hydrogen) atoms. The van der Waals surface area contributed by atoms with Crippen LogP contribution in [0.2, 0.25) is 0 Å². The van der Waals surface area contributed by atoms with Crippen molar-refractivity contribution in [3.05, 3.63) is 251 Å². The Labute approximate surface area is 325 Å². The van der Waals surface area contributed by atoms with Gasteiger partial charge in [0.15, 0.2) is 5.16 Å². The molecule has 0 fully saturated rings. The van der Waals surface area contributed by atoms with E-state index in [1.54, 1.807) is 0 Å². The molecular formula is C51H35N3S. The van der Waals surface area contributed by atoms with Gasteiger partial charge in [-0.15, -0.1) is 0 Å². The lowest BCUT2D eigenvalue weighted by Crippen LogP contribution is -2.38.